The van der Waals surface area contributed by atoms with Crippen molar-refractivity contribution < 1.29 is 4.79 Å². The Labute approximate surface area is 181 Å². The second-order valence-electron chi connectivity index (χ2n) is 7.91. The number of nitrogens with zero attached hydrogens (tertiary/aromatic N) is 6. The molecular weight excluding hydrogens is 388 g/mol. The first-order valence-electron chi connectivity index (χ1n) is 10.7. The second kappa shape index (κ2) is 8.63. The fraction of sp³-hybridized carbons (Fsp3) is 0.292. The number of aromatic nitrogens is 4. The third kappa shape index (κ3) is 4.30. The zero-order valence-corrected chi connectivity index (χ0v) is 17.3. The van der Waals surface area contributed by atoms with E-state index in [2.05, 4.69) is 49.0 Å². The number of anilines is 2. The van der Waals surface area contributed by atoms with Gasteiger partial charge < -0.3 is 9.80 Å². The molecule has 156 valence electrons. The summed E-state index contributed by atoms with van der Waals surface area (Å²) >= 11 is 0. The van der Waals surface area contributed by atoms with Crippen molar-refractivity contribution >= 4 is 23.8 Å². The van der Waals surface area contributed by atoms with Crippen molar-refractivity contribution in [1.82, 2.24) is 19.9 Å². The molecule has 7 nitrogen and oxygen atoms in total. The maximum Gasteiger partial charge on any atom is 0.225 e. The molecule has 2 aromatic heterocycles. The van der Waals surface area contributed by atoms with Crippen LogP contribution in [-0.4, -0.2) is 51.9 Å². The van der Waals surface area contributed by atoms with Gasteiger partial charge in [0.05, 0.1) is 11.3 Å². The minimum atomic E-state index is 0.126. The normalized spacial score (nSPS) is 19.0. The van der Waals surface area contributed by atoms with E-state index in [1.165, 1.54) is 0 Å². The minimum Gasteiger partial charge on any atom is -0.337 e. The molecule has 2 aliphatic rings. The molecule has 5 rings (SSSR count). The zero-order chi connectivity index (χ0) is 21.0. The lowest BCUT2D eigenvalue weighted by atomic mass is 9.86. The molecule has 3 heterocycles. The van der Waals surface area contributed by atoms with Crippen LogP contribution in [0.2, 0.25) is 0 Å². The van der Waals surface area contributed by atoms with E-state index in [4.69, 9.17) is 4.98 Å². The van der Waals surface area contributed by atoms with Gasteiger partial charge in [-0.2, -0.15) is 0 Å². The molecule has 1 aliphatic heterocycles. The summed E-state index contributed by atoms with van der Waals surface area (Å²) in [6.45, 7) is 3.21. The number of ketones is 1. The molecule has 3 aromatic rings. The van der Waals surface area contributed by atoms with Crippen LogP contribution in [0.25, 0.3) is 6.08 Å². The maximum atomic E-state index is 12.6. The van der Waals surface area contributed by atoms with Gasteiger partial charge in [-0.3, -0.25) is 4.79 Å². The van der Waals surface area contributed by atoms with Gasteiger partial charge in [-0.15, -0.1) is 0 Å². The Bertz CT molecular complexity index is 1080. The monoisotopic (exact) mass is 412 g/mol. The van der Waals surface area contributed by atoms with Crippen LogP contribution in [0.1, 0.15) is 28.0 Å². The molecule has 0 bridgehead atoms. The SMILES string of the molecule is O=C1C[C@H](/C=C/c2ccccc2)Cc2nc(N3CCN(c4ncccn4)CC3)ncc21. The molecule has 1 aliphatic carbocycles. The topological polar surface area (TPSA) is 75.1 Å². The summed E-state index contributed by atoms with van der Waals surface area (Å²) in [5, 5.41) is 0. The average Bonchev–Trinajstić information content (AvgIpc) is 2.84. The van der Waals surface area contributed by atoms with Crippen LogP contribution in [0, 0.1) is 5.92 Å². The highest BCUT2D eigenvalue weighted by Gasteiger charge is 2.27. The maximum absolute atomic E-state index is 12.6. The molecule has 0 N–H and O–H groups in total. The number of piperazine rings is 1. The van der Waals surface area contributed by atoms with Crippen molar-refractivity contribution in [2.24, 2.45) is 5.92 Å². The van der Waals surface area contributed by atoms with Gasteiger partial charge in [0, 0.05) is 51.2 Å². The van der Waals surface area contributed by atoms with Gasteiger partial charge in [-0.05, 0) is 24.0 Å². The van der Waals surface area contributed by atoms with Gasteiger partial charge in [-0.25, -0.2) is 19.9 Å². The lowest BCUT2D eigenvalue weighted by molar-refractivity contribution is 0.0957. The number of hydrogen-bond acceptors (Lipinski definition) is 7. The summed E-state index contributed by atoms with van der Waals surface area (Å²) in [7, 11) is 0. The van der Waals surface area contributed by atoms with Crippen LogP contribution >= 0.6 is 0 Å². The molecule has 1 aromatic carbocycles. The van der Waals surface area contributed by atoms with Gasteiger partial charge in [0.15, 0.2) is 5.78 Å². The lowest BCUT2D eigenvalue weighted by Crippen LogP contribution is -2.47. The predicted molar refractivity (Wildman–Crippen MR) is 120 cm³/mol. The predicted octanol–water partition coefficient (Wildman–Crippen LogP) is 3.05. The van der Waals surface area contributed by atoms with Crippen LogP contribution in [-0.2, 0) is 6.42 Å². The highest BCUT2D eigenvalue weighted by Crippen LogP contribution is 2.27. The lowest BCUT2D eigenvalue weighted by Gasteiger charge is -2.35. The number of benzene rings is 1. The van der Waals surface area contributed by atoms with Crippen molar-refractivity contribution in [2.45, 2.75) is 12.8 Å². The van der Waals surface area contributed by atoms with Gasteiger partial charge in [-0.1, -0.05) is 42.5 Å². The quantitative estimate of drug-likeness (QED) is 0.652. The first kappa shape index (κ1) is 19.4. The van der Waals surface area contributed by atoms with Gasteiger partial charge in [0.2, 0.25) is 11.9 Å². The summed E-state index contributed by atoms with van der Waals surface area (Å²) in [4.78, 5) is 35.0. The summed E-state index contributed by atoms with van der Waals surface area (Å²) in [6.07, 6.45) is 10.7. The van der Waals surface area contributed by atoms with Gasteiger partial charge in [0.25, 0.3) is 0 Å². The van der Waals surface area contributed by atoms with E-state index in [-0.39, 0.29) is 11.7 Å². The van der Waals surface area contributed by atoms with E-state index in [0.717, 1.165) is 49.8 Å². The van der Waals surface area contributed by atoms with E-state index >= 15 is 0 Å². The summed E-state index contributed by atoms with van der Waals surface area (Å²) in [5.41, 5.74) is 2.67. The van der Waals surface area contributed by atoms with Crippen molar-refractivity contribution in [1.29, 1.82) is 0 Å². The molecule has 0 amide bonds. The standard InChI is InChI=1S/C24H24N6O/c31-22-16-19(8-7-18-5-2-1-3-6-18)15-21-20(22)17-27-24(28-21)30-13-11-29(12-14-30)23-25-9-4-10-26-23/h1-10,17,19H,11-16H2/b8-7+/t19-/m1/s1. The van der Waals surface area contributed by atoms with Crippen molar-refractivity contribution in [3.05, 3.63) is 77.9 Å². The minimum absolute atomic E-state index is 0.126. The molecule has 1 fully saturated rings. The number of Topliss-reactive ketones (excluding diaryl/α,β-unsaturated/α-hetero) is 1. The van der Waals surface area contributed by atoms with E-state index < -0.39 is 0 Å². The molecule has 0 unspecified atom stereocenters. The van der Waals surface area contributed by atoms with Crippen molar-refractivity contribution in [3.8, 4) is 0 Å². The first-order valence-corrected chi connectivity index (χ1v) is 10.7. The third-order valence-electron chi connectivity index (χ3n) is 5.82. The summed E-state index contributed by atoms with van der Waals surface area (Å²) < 4.78 is 0. The molecule has 1 atom stereocenters. The molecule has 1 saturated heterocycles. The highest BCUT2D eigenvalue weighted by atomic mass is 16.1. The smallest absolute Gasteiger partial charge is 0.225 e. The van der Waals surface area contributed by atoms with Crippen LogP contribution in [0.3, 0.4) is 0 Å². The van der Waals surface area contributed by atoms with Gasteiger partial charge >= 0.3 is 0 Å². The third-order valence-corrected chi connectivity index (χ3v) is 5.82. The first-order chi connectivity index (χ1) is 15.3. The van der Waals surface area contributed by atoms with Gasteiger partial charge in [0.1, 0.15) is 0 Å². The molecular formula is C24H24N6O. The van der Waals surface area contributed by atoms with Crippen LogP contribution < -0.4 is 9.80 Å². The van der Waals surface area contributed by atoms with E-state index in [1.807, 2.05) is 24.3 Å². The Morgan fingerprint density at radius 3 is 2.29 bits per heavy atom. The number of carbonyl (C=O) groups is 1. The molecule has 0 radical (unpaired) electrons. The zero-order valence-electron chi connectivity index (χ0n) is 17.3. The molecule has 7 heteroatoms. The molecule has 0 saturated carbocycles. The second-order valence-corrected chi connectivity index (χ2v) is 7.91. The largest absolute Gasteiger partial charge is 0.337 e. The number of hydrogen-bond donors (Lipinski definition) is 0. The Kier molecular flexibility index (Phi) is 5.39. The molecule has 31 heavy (non-hydrogen) atoms. The summed E-state index contributed by atoms with van der Waals surface area (Å²) in [5.74, 6) is 1.75. The number of fused-ring (bicyclic) bond motifs is 1. The van der Waals surface area contributed by atoms with Crippen molar-refractivity contribution in [3.63, 3.8) is 0 Å². The van der Waals surface area contributed by atoms with Crippen LogP contribution in [0.5, 0.6) is 0 Å². The fourth-order valence-corrected chi connectivity index (χ4v) is 4.12. The summed E-state index contributed by atoms with van der Waals surface area (Å²) in [6, 6.07) is 12.0. The Balaban J connectivity index is 1.28. The number of rotatable bonds is 4. The highest BCUT2D eigenvalue weighted by molar-refractivity contribution is 5.98. The van der Waals surface area contributed by atoms with Crippen LogP contribution in [0.15, 0.2) is 61.1 Å². The Morgan fingerprint density at radius 2 is 1.55 bits per heavy atom. The fourth-order valence-electron chi connectivity index (χ4n) is 4.12. The van der Waals surface area contributed by atoms with E-state index in [0.29, 0.717) is 17.9 Å². The van der Waals surface area contributed by atoms with Crippen LogP contribution in [0.4, 0.5) is 11.9 Å². The molecule has 0 spiro atoms. The number of carbonyl (C=O) groups excluding carboxylic acids is 1. The average molecular weight is 412 g/mol. The van der Waals surface area contributed by atoms with E-state index in [9.17, 15) is 4.79 Å². The Morgan fingerprint density at radius 1 is 0.839 bits per heavy atom. The van der Waals surface area contributed by atoms with E-state index in [1.54, 1.807) is 18.6 Å². The van der Waals surface area contributed by atoms with Crippen molar-refractivity contribution in [2.75, 3.05) is 36.0 Å². The number of allylic oxidation sites excluding steroid dienone is 1. The Hall–Kier alpha value is -3.61.